The number of alkyl halides is 1. The van der Waals surface area contributed by atoms with Gasteiger partial charge in [-0.3, -0.25) is 9.59 Å². The van der Waals surface area contributed by atoms with E-state index in [-0.39, 0.29) is 25.4 Å². The third-order valence-corrected chi connectivity index (χ3v) is 9.38. The van der Waals surface area contributed by atoms with Crippen molar-refractivity contribution in [1.82, 2.24) is 10.2 Å². The third kappa shape index (κ3) is 11.9. The van der Waals surface area contributed by atoms with Crippen molar-refractivity contribution in [2.45, 2.75) is 115 Å². The van der Waals surface area contributed by atoms with Gasteiger partial charge in [0.05, 0.1) is 0 Å². The van der Waals surface area contributed by atoms with Gasteiger partial charge >= 0.3 is 17.9 Å². The first-order chi connectivity index (χ1) is 23.7. The van der Waals surface area contributed by atoms with E-state index in [9.17, 15) is 23.6 Å². The summed E-state index contributed by atoms with van der Waals surface area (Å²) < 4.78 is 36.9. The minimum absolute atomic E-state index is 0.0304. The summed E-state index contributed by atoms with van der Waals surface area (Å²) in [6.07, 6.45) is 1.38. The second-order valence-corrected chi connectivity index (χ2v) is 14.3. The van der Waals surface area contributed by atoms with Crippen molar-refractivity contribution in [2.75, 3.05) is 27.3 Å². The third-order valence-electron chi connectivity index (χ3n) is 9.38. The average Bonchev–Trinajstić information content (AvgIpc) is 3.92. The summed E-state index contributed by atoms with van der Waals surface area (Å²) in [5, 5.41) is 2.80. The molecule has 11 heteroatoms. The van der Waals surface area contributed by atoms with Gasteiger partial charge in [-0.05, 0) is 82.5 Å². The standard InChI is InChI=1S/C39H53FN2O8/c1-25-8-7-9-29(20-25)24-48-36(44)26(2)49-38(46)33(21-27-10-11-27)42(6)35(43)34(50-37(45)32(41-5)23-39(3,4)40)22-28-12-14-30(15-13-28)31-16-18-47-19-17-31/h7-9,12-15,20,26-27,31-34,41H,10-11,16-19,21-24H2,1-6H3/t26-,32+,33+,34-/m1/s1. The first-order valence-electron chi connectivity index (χ1n) is 17.7. The zero-order chi connectivity index (χ0) is 36.4. The quantitative estimate of drug-likeness (QED) is 0.172. The molecule has 1 saturated heterocycles. The molecule has 2 aromatic carbocycles. The highest BCUT2D eigenvalue weighted by Crippen LogP contribution is 2.35. The number of esters is 3. The van der Waals surface area contributed by atoms with E-state index in [4.69, 9.17) is 18.9 Å². The Labute approximate surface area is 295 Å². The molecule has 1 amide bonds. The van der Waals surface area contributed by atoms with Crippen LogP contribution >= 0.6 is 0 Å². The van der Waals surface area contributed by atoms with E-state index in [2.05, 4.69) is 5.32 Å². The Bertz CT molecular complexity index is 1450. The van der Waals surface area contributed by atoms with E-state index in [0.29, 0.717) is 25.6 Å². The molecular weight excluding hydrogens is 643 g/mol. The fraction of sp³-hybridized carbons (Fsp3) is 0.590. The van der Waals surface area contributed by atoms with Crippen LogP contribution in [0.1, 0.15) is 87.5 Å². The lowest BCUT2D eigenvalue weighted by Crippen LogP contribution is -2.51. The second kappa shape index (κ2) is 17.9. The Morgan fingerprint density at radius 3 is 2.24 bits per heavy atom. The molecule has 1 saturated carbocycles. The van der Waals surface area contributed by atoms with Gasteiger partial charge in [-0.25, -0.2) is 14.0 Å². The van der Waals surface area contributed by atoms with Crippen molar-refractivity contribution in [2.24, 2.45) is 5.92 Å². The molecule has 1 N–H and O–H groups in total. The molecule has 0 unspecified atom stereocenters. The molecule has 4 atom stereocenters. The van der Waals surface area contributed by atoms with Crippen LogP contribution in [0.4, 0.5) is 4.39 Å². The largest absolute Gasteiger partial charge is 0.458 e. The minimum atomic E-state index is -1.67. The smallest absolute Gasteiger partial charge is 0.347 e. The SMILES string of the molecule is CN[C@@H](CC(C)(C)F)C(=O)O[C@H](Cc1ccc(C2CCOCC2)cc1)C(=O)N(C)[C@@H](CC1CC1)C(=O)O[C@H](C)C(=O)OCc1cccc(C)c1. The van der Waals surface area contributed by atoms with Crippen molar-refractivity contribution in [1.29, 1.82) is 0 Å². The maximum absolute atomic E-state index is 14.6. The van der Waals surface area contributed by atoms with E-state index < -0.39 is 53.8 Å². The molecule has 50 heavy (non-hydrogen) atoms. The molecule has 10 nitrogen and oxygen atoms in total. The van der Waals surface area contributed by atoms with E-state index in [1.54, 1.807) is 0 Å². The number of rotatable bonds is 17. The zero-order valence-electron chi connectivity index (χ0n) is 30.2. The van der Waals surface area contributed by atoms with Crippen LogP contribution in [0, 0.1) is 12.8 Å². The Morgan fingerprint density at radius 2 is 1.64 bits per heavy atom. The van der Waals surface area contributed by atoms with Gasteiger partial charge in [0.1, 0.15) is 24.4 Å². The maximum Gasteiger partial charge on any atom is 0.347 e. The van der Waals surface area contributed by atoms with Crippen LogP contribution in [0.3, 0.4) is 0 Å². The Kier molecular flexibility index (Phi) is 13.9. The van der Waals surface area contributed by atoms with E-state index in [1.807, 2.05) is 55.5 Å². The number of nitrogens with zero attached hydrogens (tertiary/aromatic N) is 1. The number of carbonyl (C=O) groups excluding carboxylic acids is 4. The van der Waals surface area contributed by atoms with Gasteiger partial charge in [-0.15, -0.1) is 0 Å². The highest BCUT2D eigenvalue weighted by molar-refractivity contribution is 5.90. The second-order valence-electron chi connectivity index (χ2n) is 14.3. The molecular formula is C39H53FN2O8. The molecule has 2 aliphatic rings. The molecule has 1 heterocycles. The molecule has 0 radical (unpaired) electrons. The Hall–Kier alpha value is -3.83. The summed E-state index contributed by atoms with van der Waals surface area (Å²) in [4.78, 5) is 55.2. The first-order valence-corrected chi connectivity index (χ1v) is 17.7. The molecule has 0 bridgehead atoms. The summed E-state index contributed by atoms with van der Waals surface area (Å²) in [6.45, 7) is 7.57. The molecule has 0 aromatic heterocycles. The van der Waals surface area contributed by atoms with Crippen LogP contribution in [0.25, 0.3) is 0 Å². The molecule has 1 aliphatic heterocycles. The fourth-order valence-electron chi connectivity index (χ4n) is 6.20. The number of likely N-dealkylation sites (N-methyl/N-ethyl adjacent to an activating group) is 2. The zero-order valence-corrected chi connectivity index (χ0v) is 30.2. The lowest BCUT2D eigenvalue weighted by Gasteiger charge is -2.31. The van der Waals surface area contributed by atoms with E-state index in [0.717, 1.165) is 42.4 Å². The topological polar surface area (TPSA) is 120 Å². The summed E-state index contributed by atoms with van der Waals surface area (Å²) in [7, 11) is 3.01. The molecule has 0 spiro atoms. The number of halogens is 1. The van der Waals surface area contributed by atoms with Crippen molar-refractivity contribution in [3.8, 4) is 0 Å². The average molecular weight is 697 g/mol. The minimum Gasteiger partial charge on any atom is -0.458 e. The number of aryl methyl sites for hydroxylation is 1. The number of hydrogen-bond donors (Lipinski definition) is 1. The van der Waals surface area contributed by atoms with Gasteiger partial charge in [0, 0.05) is 33.1 Å². The van der Waals surface area contributed by atoms with Gasteiger partial charge in [0.15, 0.2) is 12.2 Å². The Morgan fingerprint density at radius 1 is 0.960 bits per heavy atom. The van der Waals surface area contributed by atoms with Crippen molar-refractivity contribution < 1.29 is 42.5 Å². The summed E-state index contributed by atoms with van der Waals surface area (Å²) in [5.74, 6) is -2.22. The number of carbonyl (C=O) groups is 4. The lowest BCUT2D eigenvalue weighted by atomic mass is 9.90. The molecule has 4 rings (SSSR count). The predicted molar refractivity (Wildman–Crippen MR) is 186 cm³/mol. The van der Waals surface area contributed by atoms with Gasteiger partial charge in [-0.1, -0.05) is 66.9 Å². The highest BCUT2D eigenvalue weighted by atomic mass is 19.1. The van der Waals surface area contributed by atoms with Gasteiger partial charge in [-0.2, -0.15) is 0 Å². The van der Waals surface area contributed by atoms with Crippen molar-refractivity contribution >= 4 is 23.8 Å². The summed E-state index contributed by atoms with van der Waals surface area (Å²) in [6, 6.07) is 13.4. The maximum atomic E-state index is 14.6. The number of hydrogen-bond acceptors (Lipinski definition) is 9. The van der Waals surface area contributed by atoms with Crippen LogP contribution < -0.4 is 5.32 Å². The predicted octanol–water partition coefficient (Wildman–Crippen LogP) is 5.37. The van der Waals surface area contributed by atoms with Crippen LogP contribution in [0.15, 0.2) is 48.5 Å². The summed E-state index contributed by atoms with van der Waals surface area (Å²) in [5.41, 5.74) is 2.10. The van der Waals surface area contributed by atoms with E-state index >= 15 is 0 Å². The van der Waals surface area contributed by atoms with Crippen LogP contribution in [-0.2, 0) is 51.2 Å². The number of benzene rings is 2. The number of ether oxygens (including phenoxy) is 4. The monoisotopic (exact) mass is 696 g/mol. The van der Waals surface area contributed by atoms with Crippen LogP contribution in [0.5, 0.6) is 0 Å². The van der Waals surface area contributed by atoms with Crippen LogP contribution in [-0.4, -0.2) is 86.0 Å². The number of nitrogens with one attached hydrogen (secondary N) is 1. The fourth-order valence-corrected chi connectivity index (χ4v) is 6.20. The summed E-state index contributed by atoms with van der Waals surface area (Å²) >= 11 is 0. The number of amides is 1. The first kappa shape index (κ1) is 39.0. The lowest BCUT2D eigenvalue weighted by molar-refractivity contribution is -0.174. The van der Waals surface area contributed by atoms with Crippen LogP contribution in [0.2, 0.25) is 0 Å². The molecule has 1 aliphatic carbocycles. The Balaban J connectivity index is 1.49. The van der Waals surface area contributed by atoms with Gasteiger partial charge < -0.3 is 29.2 Å². The van der Waals surface area contributed by atoms with Crippen molar-refractivity contribution in [3.05, 3.63) is 70.8 Å². The van der Waals surface area contributed by atoms with E-state index in [1.165, 1.54) is 45.3 Å². The van der Waals surface area contributed by atoms with Gasteiger partial charge in [0.2, 0.25) is 0 Å². The molecule has 274 valence electrons. The molecule has 2 aromatic rings. The van der Waals surface area contributed by atoms with Crippen molar-refractivity contribution in [3.63, 3.8) is 0 Å². The van der Waals surface area contributed by atoms with Gasteiger partial charge in [0.25, 0.3) is 5.91 Å². The molecule has 2 fully saturated rings. The highest BCUT2D eigenvalue weighted by Gasteiger charge is 2.40. The normalized spacial score (nSPS) is 17.6.